The summed E-state index contributed by atoms with van der Waals surface area (Å²) in [5.74, 6) is 1.27. The molecule has 7 heteroatoms. The van der Waals surface area contributed by atoms with E-state index in [4.69, 9.17) is 11.6 Å². The molecule has 0 aromatic heterocycles. The van der Waals surface area contributed by atoms with Gasteiger partial charge < -0.3 is 16.0 Å². The molecular formula is C21H34ClN5O. The maximum atomic E-state index is 11.7. The highest BCUT2D eigenvalue weighted by Crippen LogP contribution is 2.35. The number of halogens is 1. The first-order valence-corrected chi connectivity index (χ1v) is 10.6. The van der Waals surface area contributed by atoms with Crippen molar-refractivity contribution in [2.75, 3.05) is 40.3 Å². The van der Waals surface area contributed by atoms with Gasteiger partial charge in [-0.2, -0.15) is 0 Å². The summed E-state index contributed by atoms with van der Waals surface area (Å²) in [7, 11) is 3.94. The molecule has 28 heavy (non-hydrogen) atoms. The van der Waals surface area contributed by atoms with Gasteiger partial charge in [-0.25, -0.2) is 0 Å². The van der Waals surface area contributed by atoms with Gasteiger partial charge in [0.1, 0.15) is 0 Å². The van der Waals surface area contributed by atoms with Crippen LogP contribution in [0.3, 0.4) is 0 Å². The van der Waals surface area contributed by atoms with Gasteiger partial charge in [0.2, 0.25) is 5.91 Å². The van der Waals surface area contributed by atoms with Crippen LogP contribution in [0.2, 0.25) is 5.02 Å². The van der Waals surface area contributed by atoms with Gasteiger partial charge in [-0.15, -0.1) is 0 Å². The van der Waals surface area contributed by atoms with E-state index in [0.717, 1.165) is 43.5 Å². The number of likely N-dealkylation sites (tertiary alicyclic amines) is 1. The summed E-state index contributed by atoms with van der Waals surface area (Å²) < 4.78 is 0. The van der Waals surface area contributed by atoms with Gasteiger partial charge in [0.25, 0.3) is 0 Å². The van der Waals surface area contributed by atoms with Gasteiger partial charge in [0.15, 0.2) is 5.96 Å². The van der Waals surface area contributed by atoms with Crippen molar-refractivity contribution < 1.29 is 4.79 Å². The lowest BCUT2D eigenvalue weighted by molar-refractivity contribution is -0.120. The van der Waals surface area contributed by atoms with E-state index in [1.54, 1.807) is 7.05 Å². The highest BCUT2D eigenvalue weighted by atomic mass is 35.5. The SMILES string of the molecule is CCCNC(=O)CCNC(=NC)NCC1CCCN(C)C1c1cccc(Cl)c1. The molecule has 2 rings (SSSR count). The molecule has 6 nitrogen and oxygen atoms in total. The van der Waals surface area contributed by atoms with Gasteiger partial charge in [0.05, 0.1) is 0 Å². The third-order valence-electron chi connectivity index (χ3n) is 5.17. The van der Waals surface area contributed by atoms with Gasteiger partial charge in [-0.3, -0.25) is 14.7 Å². The van der Waals surface area contributed by atoms with E-state index < -0.39 is 0 Å². The van der Waals surface area contributed by atoms with Crippen LogP contribution in [-0.2, 0) is 4.79 Å². The van der Waals surface area contributed by atoms with Crippen molar-refractivity contribution in [2.45, 2.75) is 38.6 Å². The van der Waals surface area contributed by atoms with Gasteiger partial charge >= 0.3 is 0 Å². The fraction of sp³-hybridized carbons (Fsp3) is 0.619. The third kappa shape index (κ3) is 6.99. The molecule has 0 saturated carbocycles. The fourth-order valence-electron chi connectivity index (χ4n) is 3.79. The van der Waals surface area contributed by atoms with Crippen LogP contribution in [0, 0.1) is 5.92 Å². The van der Waals surface area contributed by atoms with Crippen LogP contribution in [0.4, 0.5) is 0 Å². The Morgan fingerprint density at radius 1 is 1.29 bits per heavy atom. The molecule has 1 heterocycles. The lowest BCUT2D eigenvalue weighted by Gasteiger charge is -2.40. The van der Waals surface area contributed by atoms with Gasteiger partial charge in [0, 0.05) is 44.2 Å². The van der Waals surface area contributed by atoms with Crippen LogP contribution in [-0.4, -0.2) is 57.0 Å². The topological polar surface area (TPSA) is 68.8 Å². The fourth-order valence-corrected chi connectivity index (χ4v) is 3.98. The minimum atomic E-state index is 0.0692. The van der Waals surface area contributed by atoms with Crippen LogP contribution in [0.25, 0.3) is 0 Å². The zero-order valence-electron chi connectivity index (χ0n) is 17.3. The molecule has 1 amide bonds. The Labute approximate surface area is 174 Å². The summed E-state index contributed by atoms with van der Waals surface area (Å²) in [6.07, 6.45) is 3.73. The van der Waals surface area contributed by atoms with Crippen molar-refractivity contribution in [2.24, 2.45) is 10.9 Å². The van der Waals surface area contributed by atoms with E-state index >= 15 is 0 Å². The number of nitrogens with one attached hydrogen (secondary N) is 3. The zero-order valence-corrected chi connectivity index (χ0v) is 18.1. The predicted molar refractivity (Wildman–Crippen MR) is 117 cm³/mol. The average molecular weight is 408 g/mol. The quantitative estimate of drug-likeness (QED) is 0.458. The normalized spacial score (nSPS) is 20.6. The van der Waals surface area contributed by atoms with E-state index in [9.17, 15) is 4.79 Å². The number of hydrogen-bond acceptors (Lipinski definition) is 3. The van der Waals surface area contributed by atoms with Crippen molar-refractivity contribution in [1.29, 1.82) is 0 Å². The van der Waals surface area contributed by atoms with E-state index in [1.807, 2.05) is 19.1 Å². The monoisotopic (exact) mass is 407 g/mol. The highest BCUT2D eigenvalue weighted by molar-refractivity contribution is 6.30. The number of rotatable bonds is 8. The molecular weight excluding hydrogens is 374 g/mol. The number of benzene rings is 1. The molecule has 0 spiro atoms. The van der Waals surface area contributed by atoms with Crippen molar-refractivity contribution in [3.8, 4) is 0 Å². The summed E-state index contributed by atoms with van der Waals surface area (Å²) in [5.41, 5.74) is 1.26. The number of carbonyl (C=O) groups is 1. The molecule has 0 aliphatic carbocycles. The number of carbonyl (C=O) groups excluding carboxylic acids is 1. The largest absolute Gasteiger partial charge is 0.356 e. The third-order valence-corrected chi connectivity index (χ3v) is 5.40. The van der Waals surface area contributed by atoms with E-state index in [2.05, 4.69) is 45.0 Å². The van der Waals surface area contributed by atoms with E-state index in [1.165, 1.54) is 12.0 Å². The number of guanidine groups is 1. The molecule has 1 fully saturated rings. The first-order chi connectivity index (χ1) is 13.5. The van der Waals surface area contributed by atoms with Crippen LogP contribution in [0.1, 0.15) is 44.2 Å². The lowest BCUT2D eigenvalue weighted by Crippen LogP contribution is -2.45. The van der Waals surface area contributed by atoms with Crippen molar-refractivity contribution in [1.82, 2.24) is 20.9 Å². The standard InChI is InChI=1S/C21H34ClN5O/c1-4-11-24-19(28)10-12-25-21(23-2)26-15-17-8-6-13-27(3)20(17)16-7-5-9-18(22)14-16/h5,7,9,14,17,20H,4,6,8,10-13,15H2,1-3H3,(H,24,28)(H2,23,25,26). The van der Waals surface area contributed by atoms with Crippen LogP contribution < -0.4 is 16.0 Å². The molecule has 0 radical (unpaired) electrons. The molecule has 1 aromatic carbocycles. The molecule has 2 atom stereocenters. The Bertz CT molecular complexity index is 651. The Hall–Kier alpha value is -1.79. The maximum absolute atomic E-state index is 11.7. The molecule has 1 aliphatic heterocycles. The van der Waals surface area contributed by atoms with Crippen molar-refractivity contribution in [3.63, 3.8) is 0 Å². The molecule has 1 saturated heterocycles. The van der Waals surface area contributed by atoms with Gasteiger partial charge in [-0.1, -0.05) is 30.7 Å². The molecule has 3 N–H and O–H groups in total. The number of nitrogens with zero attached hydrogens (tertiary/aromatic N) is 2. The average Bonchev–Trinajstić information content (AvgIpc) is 2.69. The van der Waals surface area contributed by atoms with Crippen LogP contribution >= 0.6 is 11.6 Å². The number of hydrogen-bond donors (Lipinski definition) is 3. The highest BCUT2D eigenvalue weighted by Gasteiger charge is 2.30. The van der Waals surface area contributed by atoms with Crippen molar-refractivity contribution in [3.05, 3.63) is 34.9 Å². The van der Waals surface area contributed by atoms with E-state index in [0.29, 0.717) is 24.9 Å². The summed E-state index contributed by atoms with van der Waals surface area (Å²) in [6, 6.07) is 8.51. The number of amides is 1. The maximum Gasteiger partial charge on any atom is 0.221 e. The Balaban J connectivity index is 1.88. The smallest absolute Gasteiger partial charge is 0.221 e. The zero-order chi connectivity index (χ0) is 20.4. The summed E-state index contributed by atoms with van der Waals surface area (Å²) >= 11 is 6.23. The lowest BCUT2D eigenvalue weighted by atomic mass is 9.85. The Kier molecular flexibility index (Phi) is 9.58. The molecule has 0 bridgehead atoms. The predicted octanol–water partition coefficient (Wildman–Crippen LogP) is 2.80. The van der Waals surface area contributed by atoms with Gasteiger partial charge in [-0.05, 0) is 56.5 Å². The second-order valence-corrected chi connectivity index (χ2v) is 7.80. The summed E-state index contributed by atoms with van der Waals surface area (Å²) in [5, 5.41) is 10.3. The number of aliphatic imine (C=N–C) groups is 1. The first kappa shape index (κ1) is 22.5. The van der Waals surface area contributed by atoms with E-state index in [-0.39, 0.29) is 5.91 Å². The van der Waals surface area contributed by atoms with Crippen LogP contribution in [0.15, 0.2) is 29.3 Å². The summed E-state index contributed by atoms with van der Waals surface area (Å²) in [6.45, 7) is 5.25. The Morgan fingerprint density at radius 3 is 2.82 bits per heavy atom. The molecule has 2 unspecified atom stereocenters. The minimum absolute atomic E-state index is 0.0692. The second-order valence-electron chi connectivity index (χ2n) is 7.36. The Morgan fingerprint density at radius 2 is 2.11 bits per heavy atom. The molecule has 156 valence electrons. The van der Waals surface area contributed by atoms with Crippen molar-refractivity contribution >= 4 is 23.5 Å². The minimum Gasteiger partial charge on any atom is -0.356 e. The number of piperidine rings is 1. The van der Waals surface area contributed by atoms with Crippen LogP contribution in [0.5, 0.6) is 0 Å². The molecule has 1 aromatic rings. The molecule has 1 aliphatic rings. The second kappa shape index (κ2) is 11.9. The summed E-state index contributed by atoms with van der Waals surface area (Å²) in [4.78, 5) is 18.4. The first-order valence-electron chi connectivity index (χ1n) is 10.2.